The maximum Gasteiger partial charge on any atom is 0.258 e. The lowest BCUT2D eigenvalue weighted by molar-refractivity contribution is 0.102. The fraction of sp³-hybridized carbons (Fsp3) is 0.480. The Bertz CT molecular complexity index is 1050. The molecule has 3 aromatic rings. The van der Waals surface area contributed by atoms with Crippen LogP contribution in [0, 0.1) is 0 Å². The molecule has 2 fully saturated rings. The van der Waals surface area contributed by atoms with Crippen LogP contribution in [0.1, 0.15) is 67.3 Å². The highest BCUT2D eigenvalue weighted by Gasteiger charge is 2.16. The van der Waals surface area contributed by atoms with Gasteiger partial charge in [0.1, 0.15) is 5.82 Å². The summed E-state index contributed by atoms with van der Waals surface area (Å²) in [6.07, 6.45) is 10.1. The zero-order valence-corrected chi connectivity index (χ0v) is 18.6. The summed E-state index contributed by atoms with van der Waals surface area (Å²) >= 11 is 0. The van der Waals surface area contributed by atoms with Crippen molar-refractivity contribution in [3.8, 4) is 0 Å². The molecule has 1 aliphatic carbocycles. The van der Waals surface area contributed by atoms with Crippen molar-refractivity contribution in [3.63, 3.8) is 0 Å². The number of benzene rings is 1. The van der Waals surface area contributed by atoms with E-state index in [1.54, 1.807) is 4.52 Å². The number of amides is 1. The van der Waals surface area contributed by atoms with Gasteiger partial charge in [-0.25, -0.2) is 0 Å². The van der Waals surface area contributed by atoms with Crippen molar-refractivity contribution in [1.82, 2.24) is 19.5 Å². The summed E-state index contributed by atoms with van der Waals surface area (Å²) in [5.74, 6) is 1.06. The van der Waals surface area contributed by atoms with Gasteiger partial charge in [0.05, 0.1) is 0 Å². The van der Waals surface area contributed by atoms with Gasteiger partial charge in [0.15, 0.2) is 5.65 Å². The minimum atomic E-state index is -0.188. The van der Waals surface area contributed by atoms with Crippen LogP contribution in [-0.2, 0) is 6.54 Å². The topological polar surface area (TPSA) is 74.6 Å². The number of carbonyl (C=O) groups excluding carboxylic acids is 1. The van der Waals surface area contributed by atoms with E-state index in [2.05, 4.69) is 25.6 Å². The van der Waals surface area contributed by atoms with Crippen LogP contribution in [0.15, 0.2) is 42.5 Å². The van der Waals surface area contributed by atoms with E-state index < -0.39 is 0 Å². The first-order valence-electron chi connectivity index (χ1n) is 12.0. The molecular weight excluding hydrogens is 400 g/mol. The zero-order valence-electron chi connectivity index (χ0n) is 18.6. The Morgan fingerprint density at radius 3 is 2.47 bits per heavy atom. The normalized spacial score (nSPS) is 18.0. The molecule has 168 valence electrons. The van der Waals surface area contributed by atoms with E-state index >= 15 is 0 Å². The molecule has 2 aromatic heterocycles. The molecule has 0 radical (unpaired) electrons. The lowest BCUT2D eigenvalue weighted by atomic mass is 9.95. The Hall–Kier alpha value is -2.93. The van der Waals surface area contributed by atoms with Gasteiger partial charge in [-0.15, -0.1) is 5.10 Å². The number of piperidine rings is 1. The van der Waals surface area contributed by atoms with Crippen LogP contribution in [0.4, 0.5) is 11.8 Å². The van der Waals surface area contributed by atoms with E-state index in [1.807, 2.05) is 42.5 Å². The predicted molar refractivity (Wildman–Crippen MR) is 127 cm³/mol. The zero-order chi connectivity index (χ0) is 21.8. The lowest BCUT2D eigenvalue weighted by Gasteiger charge is -2.26. The standard InChI is InChI=1S/C25H32N6O/c32-24(20-14-12-19(13-15-20)18-30-16-5-2-6-17-30)28-25-27-23-11-7-10-22(31(23)29-25)26-21-8-3-1-4-9-21/h7,10-15,21,26H,1-6,8-9,16-18H2,(H,28,29,32). The van der Waals surface area contributed by atoms with Gasteiger partial charge in [0, 0.05) is 18.2 Å². The molecule has 0 atom stereocenters. The average molecular weight is 433 g/mol. The Labute approximate surface area is 189 Å². The first-order chi connectivity index (χ1) is 15.7. The summed E-state index contributed by atoms with van der Waals surface area (Å²) in [7, 11) is 0. The van der Waals surface area contributed by atoms with Gasteiger partial charge < -0.3 is 5.32 Å². The molecular formula is C25H32N6O. The number of fused-ring (bicyclic) bond motifs is 1. The summed E-state index contributed by atoms with van der Waals surface area (Å²) in [5.41, 5.74) is 2.58. The van der Waals surface area contributed by atoms with Crippen LogP contribution >= 0.6 is 0 Å². The van der Waals surface area contributed by atoms with E-state index in [1.165, 1.54) is 70.0 Å². The lowest BCUT2D eigenvalue weighted by Crippen LogP contribution is -2.29. The number of carbonyl (C=O) groups is 1. The molecule has 2 aliphatic rings. The number of pyridine rings is 1. The Kier molecular flexibility index (Phi) is 6.34. The van der Waals surface area contributed by atoms with Crippen LogP contribution in [0.2, 0.25) is 0 Å². The molecule has 1 saturated carbocycles. The molecule has 3 heterocycles. The van der Waals surface area contributed by atoms with Crippen LogP contribution in [-0.4, -0.2) is 44.5 Å². The summed E-state index contributed by atoms with van der Waals surface area (Å²) in [4.78, 5) is 19.8. The highest BCUT2D eigenvalue weighted by Crippen LogP contribution is 2.22. The van der Waals surface area contributed by atoms with Gasteiger partial charge in [-0.05, 0) is 68.6 Å². The second-order valence-electron chi connectivity index (χ2n) is 9.08. The fourth-order valence-electron chi connectivity index (χ4n) is 4.83. The van der Waals surface area contributed by atoms with Crippen molar-refractivity contribution in [2.24, 2.45) is 0 Å². The van der Waals surface area contributed by atoms with Crippen molar-refractivity contribution in [2.45, 2.75) is 64.0 Å². The Morgan fingerprint density at radius 2 is 1.69 bits per heavy atom. The first-order valence-corrected chi connectivity index (χ1v) is 12.0. The van der Waals surface area contributed by atoms with Crippen LogP contribution in [0.5, 0.6) is 0 Å². The SMILES string of the molecule is O=C(Nc1nc2cccc(NC3CCCCC3)n2n1)c1ccc(CN2CCCCC2)cc1. The van der Waals surface area contributed by atoms with E-state index in [0.717, 1.165) is 18.0 Å². The molecule has 32 heavy (non-hydrogen) atoms. The quantitative estimate of drug-likeness (QED) is 0.590. The molecule has 7 heteroatoms. The first kappa shape index (κ1) is 20.9. The molecule has 2 N–H and O–H groups in total. The molecule has 1 saturated heterocycles. The number of hydrogen-bond acceptors (Lipinski definition) is 5. The second kappa shape index (κ2) is 9.69. The van der Waals surface area contributed by atoms with Crippen molar-refractivity contribution in [1.29, 1.82) is 0 Å². The molecule has 1 amide bonds. The fourth-order valence-corrected chi connectivity index (χ4v) is 4.83. The number of aromatic nitrogens is 3. The van der Waals surface area contributed by atoms with E-state index in [0.29, 0.717) is 17.6 Å². The number of hydrogen-bond donors (Lipinski definition) is 2. The number of nitrogens with zero attached hydrogens (tertiary/aromatic N) is 4. The van der Waals surface area contributed by atoms with Gasteiger partial charge in [-0.3, -0.25) is 15.0 Å². The molecule has 0 spiro atoms. The molecule has 7 nitrogen and oxygen atoms in total. The van der Waals surface area contributed by atoms with Crippen LogP contribution in [0.3, 0.4) is 0 Å². The van der Waals surface area contributed by atoms with Crippen LogP contribution < -0.4 is 10.6 Å². The second-order valence-corrected chi connectivity index (χ2v) is 9.08. The molecule has 1 aromatic carbocycles. The van der Waals surface area contributed by atoms with Crippen molar-refractivity contribution in [2.75, 3.05) is 23.7 Å². The maximum absolute atomic E-state index is 12.8. The van der Waals surface area contributed by atoms with Gasteiger partial charge >= 0.3 is 0 Å². The van der Waals surface area contributed by atoms with Crippen LogP contribution in [0.25, 0.3) is 5.65 Å². The number of likely N-dealkylation sites (tertiary alicyclic amines) is 1. The summed E-state index contributed by atoms with van der Waals surface area (Å²) in [5, 5.41) is 11.0. The summed E-state index contributed by atoms with van der Waals surface area (Å²) in [6.45, 7) is 3.28. The number of nitrogens with one attached hydrogen (secondary N) is 2. The predicted octanol–water partition coefficient (Wildman–Crippen LogP) is 4.71. The molecule has 0 bridgehead atoms. The third-order valence-corrected chi connectivity index (χ3v) is 6.61. The third kappa shape index (κ3) is 4.93. The monoisotopic (exact) mass is 432 g/mol. The smallest absolute Gasteiger partial charge is 0.258 e. The Balaban J connectivity index is 1.24. The average Bonchev–Trinajstić information content (AvgIpc) is 3.24. The van der Waals surface area contributed by atoms with E-state index in [-0.39, 0.29) is 5.91 Å². The number of rotatable bonds is 6. The Morgan fingerprint density at radius 1 is 0.938 bits per heavy atom. The van der Waals surface area contributed by atoms with E-state index in [4.69, 9.17) is 0 Å². The highest BCUT2D eigenvalue weighted by molar-refractivity contribution is 6.03. The summed E-state index contributed by atoms with van der Waals surface area (Å²) in [6, 6.07) is 14.2. The van der Waals surface area contributed by atoms with Crippen molar-refractivity contribution in [3.05, 3.63) is 53.6 Å². The molecule has 5 rings (SSSR count). The summed E-state index contributed by atoms with van der Waals surface area (Å²) < 4.78 is 1.78. The van der Waals surface area contributed by atoms with Crippen molar-refractivity contribution < 1.29 is 4.79 Å². The van der Waals surface area contributed by atoms with Gasteiger partial charge in [0.2, 0.25) is 5.95 Å². The third-order valence-electron chi connectivity index (χ3n) is 6.61. The van der Waals surface area contributed by atoms with E-state index in [9.17, 15) is 4.79 Å². The maximum atomic E-state index is 12.8. The molecule has 1 aliphatic heterocycles. The van der Waals surface area contributed by atoms with Gasteiger partial charge in [0.25, 0.3) is 5.91 Å². The van der Waals surface area contributed by atoms with Gasteiger partial charge in [-0.1, -0.05) is 43.9 Å². The van der Waals surface area contributed by atoms with Gasteiger partial charge in [-0.2, -0.15) is 9.50 Å². The van der Waals surface area contributed by atoms with Crippen molar-refractivity contribution >= 4 is 23.3 Å². The minimum absolute atomic E-state index is 0.188. The largest absolute Gasteiger partial charge is 0.367 e. The minimum Gasteiger partial charge on any atom is -0.367 e. The molecule has 0 unspecified atom stereocenters. The number of anilines is 2. The highest BCUT2D eigenvalue weighted by atomic mass is 16.1.